The minimum atomic E-state index is -0.358. The number of carbonyl (C=O) groups is 2. The number of ether oxygens (including phenoxy) is 2. The van der Waals surface area contributed by atoms with Crippen molar-refractivity contribution in [1.82, 2.24) is 10.2 Å². The molecule has 2 N–H and O–H groups in total. The fraction of sp³-hybridized carbons (Fsp3) is 0.280. The van der Waals surface area contributed by atoms with Crippen LogP contribution in [0.4, 0.5) is 10.5 Å². The van der Waals surface area contributed by atoms with Crippen LogP contribution in [0.3, 0.4) is 0 Å². The van der Waals surface area contributed by atoms with Gasteiger partial charge in [0.05, 0.1) is 25.1 Å². The highest BCUT2D eigenvalue weighted by Gasteiger charge is 2.32. The summed E-state index contributed by atoms with van der Waals surface area (Å²) in [5, 5.41) is 7.85. The van der Waals surface area contributed by atoms with E-state index in [1.54, 1.807) is 25.2 Å². The molecule has 1 aromatic heterocycles. The molecule has 0 saturated heterocycles. The van der Waals surface area contributed by atoms with E-state index in [9.17, 15) is 9.59 Å². The molecule has 7 nitrogen and oxygen atoms in total. The predicted octanol–water partition coefficient (Wildman–Crippen LogP) is 4.64. The number of rotatable bonds is 6. The molecule has 0 saturated carbocycles. The van der Waals surface area contributed by atoms with Crippen LogP contribution in [-0.4, -0.2) is 44.1 Å². The maximum absolute atomic E-state index is 13.3. The minimum Gasteiger partial charge on any atom is -0.493 e. The van der Waals surface area contributed by atoms with Crippen LogP contribution in [0, 0.1) is 6.92 Å². The van der Waals surface area contributed by atoms with Crippen molar-refractivity contribution in [3.05, 3.63) is 75.5 Å². The summed E-state index contributed by atoms with van der Waals surface area (Å²) >= 11 is 1.38. The quantitative estimate of drug-likeness (QED) is 0.556. The van der Waals surface area contributed by atoms with Gasteiger partial charge in [0, 0.05) is 18.8 Å². The van der Waals surface area contributed by atoms with Crippen LogP contribution in [-0.2, 0) is 6.42 Å². The van der Waals surface area contributed by atoms with Gasteiger partial charge in [-0.1, -0.05) is 23.8 Å². The number of amides is 3. The Morgan fingerprint density at radius 1 is 1.09 bits per heavy atom. The number of urea groups is 1. The number of nitrogens with one attached hydrogen (secondary N) is 2. The monoisotopic (exact) mass is 465 g/mol. The lowest BCUT2D eigenvalue weighted by molar-refractivity contribution is 0.0940. The van der Waals surface area contributed by atoms with Crippen LogP contribution in [0.15, 0.2) is 53.9 Å². The van der Waals surface area contributed by atoms with Crippen LogP contribution in [0.2, 0.25) is 0 Å². The molecule has 0 unspecified atom stereocenters. The van der Waals surface area contributed by atoms with Gasteiger partial charge in [0.1, 0.15) is 0 Å². The van der Waals surface area contributed by atoms with Crippen LogP contribution in [0.1, 0.15) is 32.4 Å². The summed E-state index contributed by atoms with van der Waals surface area (Å²) in [7, 11) is 3.19. The Labute approximate surface area is 197 Å². The first kappa shape index (κ1) is 22.7. The first-order valence-electron chi connectivity index (χ1n) is 10.7. The van der Waals surface area contributed by atoms with E-state index in [4.69, 9.17) is 9.47 Å². The van der Waals surface area contributed by atoms with Crippen LogP contribution < -0.4 is 20.1 Å². The number of fused-ring (bicyclic) bond motifs is 1. The summed E-state index contributed by atoms with van der Waals surface area (Å²) in [6.07, 6.45) is 0.673. The summed E-state index contributed by atoms with van der Waals surface area (Å²) in [5.74, 6) is 1.08. The van der Waals surface area contributed by atoms with Crippen molar-refractivity contribution >= 4 is 29.0 Å². The normalized spacial score (nSPS) is 14.9. The molecule has 1 atom stereocenters. The first-order chi connectivity index (χ1) is 16.0. The van der Waals surface area contributed by atoms with E-state index >= 15 is 0 Å². The van der Waals surface area contributed by atoms with Crippen molar-refractivity contribution in [2.24, 2.45) is 0 Å². The van der Waals surface area contributed by atoms with Crippen molar-refractivity contribution in [3.63, 3.8) is 0 Å². The molecule has 2 heterocycles. The van der Waals surface area contributed by atoms with Crippen LogP contribution in [0.25, 0.3) is 0 Å². The Bertz CT molecular complexity index is 1130. The number of anilines is 1. The van der Waals surface area contributed by atoms with E-state index in [1.165, 1.54) is 11.3 Å². The molecule has 8 heteroatoms. The van der Waals surface area contributed by atoms with E-state index in [0.29, 0.717) is 29.3 Å². The summed E-state index contributed by atoms with van der Waals surface area (Å²) in [6, 6.07) is 14.6. The molecule has 3 amide bonds. The van der Waals surface area contributed by atoms with Gasteiger partial charge in [-0.15, -0.1) is 11.3 Å². The predicted molar refractivity (Wildman–Crippen MR) is 130 cm³/mol. The SMILES string of the molecule is COc1cc2c(cc1OC)[C@H](CNC(=O)c1cccs1)N(C(=O)Nc1ccc(C)cc1)CC2. The molecule has 1 aliphatic heterocycles. The smallest absolute Gasteiger partial charge is 0.322 e. The molecule has 33 heavy (non-hydrogen) atoms. The average molecular weight is 466 g/mol. The van der Waals surface area contributed by atoms with Gasteiger partial charge in [0.2, 0.25) is 0 Å². The minimum absolute atomic E-state index is 0.156. The molecule has 0 radical (unpaired) electrons. The summed E-state index contributed by atoms with van der Waals surface area (Å²) in [4.78, 5) is 28.3. The zero-order valence-corrected chi connectivity index (χ0v) is 19.7. The second kappa shape index (κ2) is 9.95. The highest BCUT2D eigenvalue weighted by Crippen LogP contribution is 2.38. The molecule has 4 rings (SSSR count). The zero-order chi connectivity index (χ0) is 23.4. The number of carbonyl (C=O) groups excluding carboxylic acids is 2. The topological polar surface area (TPSA) is 79.9 Å². The van der Waals surface area contributed by atoms with Gasteiger partial charge < -0.3 is 25.0 Å². The third-order valence-corrected chi connectivity index (χ3v) is 6.64. The third-order valence-electron chi connectivity index (χ3n) is 5.77. The molecular formula is C25H27N3O4S. The standard InChI is InChI=1S/C25H27N3O4S/c1-16-6-8-18(9-7-16)27-25(30)28-11-10-17-13-21(31-2)22(32-3)14-19(17)20(28)15-26-24(29)23-5-4-12-33-23/h4-9,12-14,20H,10-11,15H2,1-3H3,(H,26,29)(H,27,30)/t20-/m0/s1. The lowest BCUT2D eigenvalue weighted by atomic mass is 9.91. The Hall–Kier alpha value is -3.52. The van der Waals surface area contributed by atoms with Gasteiger partial charge in [-0.05, 0) is 60.2 Å². The van der Waals surface area contributed by atoms with E-state index in [2.05, 4.69) is 10.6 Å². The lowest BCUT2D eigenvalue weighted by Gasteiger charge is -2.37. The van der Waals surface area contributed by atoms with Crippen molar-refractivity contribution < 1.29 is 19.1 Å². The van der Waals surface area contributed by atoms with E-state index < -0.39 is 0 Å². The summed E-state index contributed by atoms with van der Waals surface area (Å²) in [5.41, 5.74) is 3.85. The highest BCUT2D eigenvalue weighted by atomic mass is 32.1. The molecule has 3 aromatic rings. The molecule has 0 spiro atoms. The fourth-order valence-electron chi connectivity index (χ4n) is 4.01. The van der Waals surface area contributed by atoms with Gasteiger partial charge in [-0.25, -0.2) is 4.79 Å². The number of benzene rings is 2. The number of nitrogens with zero attached hydrogens (tertiary/aromatic N) is 1. The van der Waals surface area contributed by atoms with Crippen LogP contribution >= 0.6 is 11.3 Å². The van der Waals surface area contributed by atoms with Crippen LogP contribution in [0.5, 0.6) is 11.5 Å². The number of aryl methyl sites for hydroxylation is 1. The van der Waals surface area contributed by atoms with E-state index in [0.717, 1.165) is 22.4 Å². The average Bonchev–Trinajstić information content (AvgIpc) is 3.37. The van der Waals surface area contributed by atoms with Gasteiger partial charge >= 0.3 is 6.03 Å². The fourth-order valence-corrected chi connectivity index (χ4v) is 4.65. The molecule has 2 aromatic carbocycles. The Kier molecular flexibility index (Phi) is 6.84. The molecule has 0 bridgehead atoms. The number of methoxy groups -OCH3 is 2. The van der Waals surface area contributed by atoms with Crippen molar-refractivity contribution in [3.8, 4) is 11.5 Å². The van der Waals surface area contributed by atoms with Gasteiger partial charge in [-0.2, -0.15) is 0 Å². The summed E-state index contributed by atoms with van der Waals surface area (Å²) < 4.78 is 11.0. The molecule has 0 aliphatic carbocycles. The van der Waals surface area contributed by atoms with Crippen molar-refractivity contribution in [2.75, 3.05) is 32.6 Å². The number of hydrogen-bond donors (Lipinski definition) is 2. The zero-order valence-electron chi connectivity index (χ0n) is 18.9. The summed E-state index contributed by atoms with van der Waals surface area (Å²) in [6.45, 7) is 2.79. The van der Waals surface area contributed by atoms with E-state index in [-0.39, 0.29) is 24.5 Å². The van der Waals surface area contributed by atoms with Gasteiger partial charge in [-0.3, -0.25) is 4.79 Å². The molecule has 1 aliphatic rings. The van der Waals surface area contributed by atoms with E-state index in [1.807, 2.05) is 54.8 Å². The molecule has 172 valence electrons. The molecule has 0 fully saturated rings. The largest absolute Gasteiger partial charge is 0.493 e. The highest BCUT2D eigenvalue weighted by molar-refractivity contribution is 7.12. The lowest BCUT2D eigenvalue weighted by Crippen LogP contribution is -2.46. The van der Waals surface area contributed by atoms with Gasteiger partial charge in [0.25, 0.3) is 5.91 Å². The van der Waals surface area contributed by atoms with Crippen molar-refractivity contribution in [2.45, 2.75) is 19.4 Å². The second-order valence-electron chi connectivity index (χ2n) is 7.85. The first-order valence-corrected chi connectivity index (χ1v) is 11.6. The Morgan fingerprint density at radius 2 is 1.82 bits per heavy atom. The number of thiophene rings is 1. The maximum Gasteiger partial charge on any atom is 0.322 e. The second-order valence-corrected chi connectivity index (χ2v) is 8.80. The Morgan fingerprint density at radius 3 is 2.48 bits per heavy atom. The molecular weight excluding hydrogens is 438 g/mol. The Balaban J connectivity index is 1.62. The van der Waals surface area contributed by atoms with Gasteiger partial charge in [0.15, 0.2) is 11.5 Å². The number of hydrogen-bond acceptors (Lipinski definition) is 5. The maximum atomic E-state index is 13.3. The third kappa shape index (κ3) is 4.96. The van der Waals surface area contributed by atoms with Crippen molar-refractivity contribution in [1.29, 1.82) is 0 Å².